The lowest BCUT2D eigenvalue weighted by Crippen LogP contribution is -3.00. The van der Waals surface area contributed by atoms with Gasteiger partial charge in [-0.15, -0.1) is 0 Å². The van der Waals surface area contributed by atoms with Crippen LogP contribution in [0.2, 0.25) is 0 Å². The van der Waals surface area contributed by atoms with Gasteiger partial charge in [-0.05, 0) is 55.4 Å². The summed E-state index contributed by atoms with van der Waals surface area (Å²) in [4.78, 5) is 35.9. The molecule has 0 saturated carbocycles. The lowest BCUT2D eigenvalue weighted by molar-refractivity contribution is -0.684. The van der Waals surface area contributed by atoms with Gasteiger partial charge in [-0.25, -0.2) is 20.1 Å². The van der Waals surface area contributed by atoms with Crippen molar-refractivity contribution in [3.63, 3.8) is 0 Å². The topological polar surface area (TPSA) is 111 Å². The van der Waals surface area contributed by atoms with Gasteiger partial charge in [0.2, 0.25) is 6.54 Å². The highest BCUT2D eigenvalue weighted by molar-refractivity contribution is 6.06. The van der Waals surface area contributed by atoms with E-state index < -0.39 is 12.2 Å². The SMILES string of the molecule is CCOC(=O)C[n+]1ccc2nc(-c3ccc(-c4ccc(CCCO)cc4)cc3)cc(C(=O)NOC3CCCCO3)c2c1.[Br-]. The molecule has 0 aliphatic carbocycles. The lowest BCUT2D eigenvalue weighted by Gasteiger charge is -2.22. The minimum Gasteiger partial charge on any atom is -1.00 e. The Kier molecular flexibility index (Phi) is 11.7. The van der Waals surface area contributed by atoms with E-state index in [1.54, 1.807) is 36.0 Å². The molecule has 2 aromatic heterocycles. The Balaban J connectivity index is 0.00000423. The fourth-order valence-electron chi connectivity index (χ4n) is 4.96. The molecule has 9 nitrogen and oxygen atoms in total. The van der Waals surface area contributed by atoms with Gasteiger partial charge < -0.3 is 31.6 Å². The van der Waals surface area contributed by atoms with E-state index in [0.29, 0.717) is 41.8 Å². The third-order valence-electron chi connectivity index (χ3n) is 7.18. The van der Waals surface area contributed by atoms with Crippen molar-refractivity contribution in [2.24, 2.45) is 0 Å². The maximum atomic E-state index is 13.4. The number of rotatable bonds is 11. The molecule has 1 saturated heterocycles. The Hall–Kier alpha value is -3.70. The van der Waals surface area contributed by atoms with Crippen LogP contribution in [0, 0.1) is 0 Å². The fraction of sp³-hybridized carbons (Fsp3) is 0.333. The van der Waals surface area contributed by atoms with Crippen molar-refractivity contribution in [2.75, 3.05) is 19.8 Å². The Morgan fingerprint density at radius 2 is 1.77 bits per heavy atom. The van der Waals surface area contributed by atoms with Crippen LogP contribution in [0.15, 0.2) is 73.1 Å². The molecule has 4 aromatic rings. The second-order valence-corrected chi connectivity index (χ2v) is 10.2. The molecule has 2 aromatic carbocycles. The summed E-state index contributed by atoms with van der Waals surface area (Å²) in [6.07, 6.45) is 7.24. The summed E-state index contributed by atoms with van der Waals surface area (Å²) in [5.74, 6) is -0.792. The number of carbonyl (C=O) groups excluding carboxylic acids is 2. The molecule has 0 bridgehead atoms. The summed E-state index contributed by atoms with van der Waals surface area (Å²) in [5, 5.41) is 9.65. The minimum atomic E-state index is -0.486. The van der Waals surface area contributed by atoms with Crippen molar-refractivity contribution < 1.29 is 50.6 Å². The van der Waals surface area contributed by atoms with Crippen molar-refractivity contribution in [3.8, 4) is 22.4 Å². The van der Waals surface area contributed by atoms with Crippen molar-refractivity contribution in [1.82, 2.24) is 10.5 Å². The highest BCUT2D eigenvalue weighted by Crippen LogP contribution is 2.28. The predicted octanol–water partition coefficient (Wildman–Crippen LogP) is 1.54. The number of halogens is 1. The van der Waals surface area contributed by atoms with Crippen LogP contribution in [-0.4, -0.2) is 48.1 Å². The summed E-state index contributed by atoms with van der Waals surface area (Å²) < 4.78 is 12.3. The van der Waals surface area contributed by atoms with Crippen molar-refractivity contribution in [2.45, 2.75) is 51.9 Å². The van der Waals surface area contributed by atoms with Crippen LogP contribution < -0.4 is 27.0 Å². The number of hydroxylamine groups is 1. The number of amides is 1. The Bertz CT molecular complexity index is 1520. The van der Waals surface area contributed by atoms with Gasteiger partial charge in [-0.3, -0.25) is 4.79 Å². The summed E-state index contributed by atoms with van der Waals surface area (Å²) in [6, 6.07) is 19.9. The number of nitrogens with one attached hydrogen (secondary N) is 1. The van der Waals surface area contributed by atoms with E-state index in [1.807, 2.05) is 24.3 Å². The molecule has 1 aliphatic heterocycles. The number of aryl methyl sites for hydroxylation is 1. The lowest BCUT2D eigenvalue weighted by atomic mass is 9.99. The van der Waals surface area contributed by atoms with Crippen LogP contribution in [0.1, 0.15) is 48.5 Å². The number of aliphatic hydroxyl groups is 1. The predicted molar refractivity (Wildman–Crippen MR) is 157 cm³/mol. The zero-order chi connectivity index (χ0) is 29.3. The van der Waals surface area contributed by atoms with Crippen LogP contribution in [-0.2, 0) is 32.1 Å². The molecule has 0 radical (unpaired) electrons. The molecule has 3 heterocycles. The molecular weight excluding hydrogens is 614 g/mol. The first-order chi connectivity index (χ1) is 20.5. The third-order valence-corrected chi connectivity index (χ3v) is 7.18. The van der Waals surface area contributed by atoms with Crippen molar-refractivity contribution in [3.05, 3.63) is 84.2 Å². The molecule has 1 unspecified atom stereocenters. The molecular formula is C33H36BrN3O6. The van der Waals surface area contributed by atoms with Crippen LogP contribution in [0.3, 0.4) is 0 Å². The number of hydrogen-bond donors (Lipinski definition) is 2. The quantitative estimate of drug-likeness (QED) is 0.144. The second-order valence-electron chi connectivity index (χ2n) is 10.2. The van der Waals surface area contributed by atoms with E-state index in [2.05, 4.69) is 29.7 Å². The Morgan fingerprint density at radius 3 is 2.44 bits per heavy atom. The highest BCUT2D eigenvalue weighted by Gasteiger charge is 2.21. The van der Waals surface area contributed by atoms with Crippen LogP contribution in [0.4, 0.5) is 0 Å². The van der Waals surface area contributed by atoms with Gasteiger partial charge >= 0.3 is 5.97 Å². The molecule has 2 N–H and O–H groups in total. The summed E-state index contributed by atoms with van der Waals surface area (Å²) >= 11 is 0. The van der Waals surface area contributed by atoms with Gasteiger partial charge in [0, 0.05) is 31.3 Å². The average Bonchev–Trinajstić information content (AvgIpc) is 3.03. The molecule has 1 aliphatic rings. The van der Waals surface area contributed by atoms with Crippen LogP contribution in [0.5, 0.6) is 0 Å². The molecule has 226 valence electrons. The highest BCUT2D eigenvalue weighted by atomic mass is 79.9. The normalized spacial score (nSPS) is 14.6. The first-order valence-electron chi connectivity index (χ1n) is 14.4. The first-order valence-corrected chi connectivity index (χ1v) is 14.4. The average molecular weight is 651 g/mol. The monoisotopic (exact) mass is 649 g/mol. The number of fused-ring (bicyclic) bond motifs is 1. The number of ether oxygens (including phenoxy) is 2. The smallest absolute Gasteiger partial charge is 0.372 e. The van der Waals surface area contributed by atoms with Gasteiger partial charge in [0.05, 0.1) is 28.8 Å². The second kappa shape index (κ2) is 15.7. The molecule has 0 spiro atoms. The summed E-state index contributed by atoms with van der Waals surface area (Å²) in [6.45, 7) is 2.85. The van der Waals surface area contributed by atoms with Gasteiger partial charge in [0.1, 0.15) is 0 Å². The van der Waals surface area contributed by atoms with E-state index in [9.17, 15) is 9.59 Å². The first kappa shape index (κ1) is 32.2. The van der Waals surface area contributed by atoms with Crippen LogP contribution in [0.25, 0.3) is 33.3 Å². The molecule has 5 rings (SSSR count). The number of hydrogen-bond acceptors (Lipinski definition) is 7. The molecule has 10 heteroatoms. The zero-order valence-corrected chi connectivity index (χ0v) is 25.7. The fourth-order valence-corrected chi connectivity index (χ4v) is 4.96. The third kappa shape index (κ3) is 8.45. The molecule has 1 atom stereocenters. The number of nitrogens with zero attached hydrogens (tertiary/aromatic N) is 2. The van der Waals surface area contributed by atoms with Gasteiger partial charge in [0.25, 0.3) is 5.91 Å². The number of esters is 1. The van der Waals surface area contributed by atoms with Crippen molar-refractivity contribution in [1.29, 1.82) is 0 Å². The molecule has 43 heavy (non-hydrogen) atoms. The van der Waals surface area contributed by atoms with E-state index in [4.69, 9.17) is 24.4 Å². The van der Waals surface area contributed by atoms with E-state index in [1.165, 1.54) is 5.56 Å². The van der Waals surface area contributed by atoms with Crippen LogP contribution >= 0.6 is 0 Å². The number of carbonyl (C=O) groups is 2. The Morgan fingerprint density at radius 1 is 1.05 bits per heavy atom. The minimum absolute atomic E-state index is 0. The number of aromatic nitrogens is 2. The summed E-state index contributed by atoms with van der Waals surface area (Å²) in [7, 11) is 0. The molecule has 1 amide bonds. The van der Waals surface area contributed by atoms with E-state index in [-0.39, 0.29) is 36.1 Å². The number of aliphatic hydroxyl groups excluding tert-OH is 1. The number of benzene rings is 2. The maximum Gasteiger partial charge on any atom is 0.372 e. The van der Waals surface area contributed by atoms with E-state index >= 15 is 0 Å². The Labute approximate surface area is 261 Å². The zero-order valence-electron chi connectivity index (χ0n) is 24.1. The number of pyridine rings is 2. The largest absolute Gasteiger partial charge is 1.00 e. The maximum absolute atomic E-state index is 13.4. The van der Waals surface area contributed by atoms with Gasteiger partial charge in [0.15, 0.2) is 18.7 Å². The van der Waals surface area contributed by atoms with E-state index in [0.717, 1.165) is 42.4 Å². The van der Waals surface area contributed by atoms with Gasteiger partial charge in [-0.2, -0.15) is 4.57 Å². The summed E-state index contributed by atoms with van der Waals surface area (Å²) in [5.41, 5.74) is 8.37. The van der Waals surface area contributed by atoms with Gasteiger partial charge in [-0.1, -0.05) is 48.5 Å². The standard InChI is InChI=1S/C33H35N3O6.BrH/c1-2-40-31(38)22-36-17-16-29-28(21-36)27(33(39)35-42-32-7-3-4-19-41-32)20-30(34-29)26-14-12-25(13-15-26)24-10-8-23(9-11-24)6-5-18-37;/h8-17,20-21,32,37H,2-7,18-19,22H2,1H3;1H. The molecule has 1 fully saturated rings. The van der Waals surface area contributed by atoms with Crippen molar-refractivity contribution >= 4 is 22.8 Å².